The fourth-order valence-electron chi connectivity index (χ4n) is 2.01. The number of ketones is 1. The number of nitrogens with two attached hydrogens (primary N) is 1. The number of esters is 1. The number of allylic oxidation sites excluding steroid dienone is 2. The van der Waals surface area contributed by atoms with E-state index in [2.05, 4.69) is 4.74 Å². The minimum atomic E-state index is -4.53. The zero-order valence-electron chi connectivity index (χ0n) is 12.8. The number of carbonyl (C=O) groups excluding carboxylic acids is 2. The molecule has 1 aromatic rings. The molecule has 0 radical (unpaired) electrons. The van der Waals surface area contributed by atoms with Crippen LogP contribution in [0.1, 0.15) is 23.7 Å². The summed E-state index contributed by atoms with van der Waals surface area (Å²) >= 11 is 0. The lowest BCUT2D eigenvalue weighted by molar-refractivity contribution is -0.135. The lowest BCUT2D eigenvalue weighted by Crippen LogP contribution is -2.26. The number of halogens is 1. The SMILES string of the molecule is CC/C(N)=C(/C=C1\C(=O)c2ccc(F)cc2OS1(=O)=O)C(=O)OC. The number of Topliss-reactive ketones (excluding diaryl/α,β-unsaturated/α-hetero) is 1. The van der Waals surface area contributed by atoms with E-state index in [1.807, 2.05) is 0 Å². The number of rotatable bonds is 3. The van der Waals surface area contributed by atoms with Gasteiger partial charge >= 0.3 is 16.1 Å². The number of benzene rings is 1. The van der Waals surface area contributed by atoms with Crippen LogP contribution in [-0.2, 0) is 19.6 Å². The van der Waals surface area contributed by atoms with Gasteiger partial charge in [0.1, 0.15) is 5.82 Å². The van der Waals surface area contributed by atoms with Crippen molar-refractivity contribution < 1.29 is 31.3 Å². The Bertz CT molecular complexity index is 885. The van der Waals surface area contributed by atoms with Crippen LogP contribution in [-0.4, -0.2) is 27.3 Å². The monoisotopic (exact) mass is 355 g/mol. The summed E-state index contributed by atoms with van der Waals surface area (Å²) in [6.07, 6.45) is 1.04. The Hall–Kier alpha value is -2.68. The first-order valence-electron chi connectivity index (χ1n) is 6.78. The first kappa shape index (κ1) is 17.7. The summed E-state index contributed by atoms with van der Waals surface area (Å²) < 4.78 is 46.8. The maximum atomic E-state index is 13.2. The fourth-order valence-corrected chi connectivity index (χ4v) is 3.08. The van der Waals surface area contributed by atoms with Crippen molar-refractivity contribution in [2.24, 2.45) is 5.73 Å². The lowest BCUT2D eigenvalue weighted by Gasteiger charge is -2.18. The van der Waals surface area contributed by atoms with Gasteiger partial charge in [0.05, 0.1) is 18.2 Å². The van der Waals surface area contributed by atoms with Crippen LogP contribution in [0.25, 0.3) is 0 Å². The van der Waals surface area contributed by atoms with Crippen molar-refractivity contribution >= 4 is 21.9 Å². The molecule has 1 aliphatic heterocycles. The molecule has 0 fully saturated rings. The molecule has 0 atom stereocenters. The summed E-state index contributed by atoms with van der Waals surface area (Å²) in [5.74, 6) is -2.99. The highest BCUT2D eigenvalue weighted by Crippen LogP contribution is 2.33. The molecule has 24 heavy (non-hydrogen) atoms. The van der Waals surface area contributed by atoms with Crippen LogP contribution in [0.15, 0.2) is 40.5 Å². The molecule has 0 bridgehead atoms. The van der Waals surface area contributed by atoms with Gasteiger partial charge in [0, 0.05) is 11.8 Å². The zero-order valence-corrected chi connectivity index (χ0v) is 13.6. The van der Waals surface area contributed by atoms with E-state index in [0.29, 0.717) is 0 Å². The molecule has 0 aliphatic carbocycles. The third-order valence-corrected chi connectivity index (χ3v) is 4.53. The van der Waals surface area contributed by atoms with Crippen molar-refractivity contribution in [3.63, 3.8) is 0 Å². The van der Waals surface area contributed by atoms with Gasteiger partial charge in [-0.25, -0.2) is 9.18 Å². The smallest absolute Gasteiger partial charge is 0.343 e. The zero-order chi connectivity index (χ0) is 18.1. The van der Waals surface area contributed by atoms with Crippen molar-refractivity contribution in [1.29, 1.82) is 0 Å². The molecule has 0 aromatic heterocycles. The van der Waals surface area contributed by atoms with Crippen molar-refractivity contribution in [2.45, 2.75) is 13.3 Å². The topological polar surface area (TPSA) is 113 Å². The number of hydrogen-bond acceptors (Lipinski definition) is 7. The highest BCUT2D eigenvalue weighted by molar-refractivity contribution is 7.92. The van der Waals surface area contributed by atoms with Crippen molar-refractivity contribution in [3.8, 4) is 5.75 Å². The van der Waals surface area contributed by atoms with Crippen LogP contribution in [0.3, 0.4) is 0 Å². The van der Waals surface area contributed by atoms with Crippen LogP contribution in [0.4, 0.5) is 4.39 Å². The van der Waals surface area contributed by atoms with Gasteiger partial charge < -0.3 is 14.7 Å². The van der Waals surface area contributed by atoms with Crippen molar-refractivity contribution in [1.82, 2.24) is 0 Å². The molecule has 0 saturated heterocycles. The minimum absolute atomic E-state index is 0.0438. The van der Waals surface area contributed by atoms with E-state index in [1.165, 1.54) is 0 Å². The molecule has 1 heterocycles. The maximum Gasteiger partial charge on any atom is 0.343 e. The van der Waals surface area contributed by atoms with Crippen LogP contribution in [0.2, 0.25) is 0 Å². The third-order valence-electron chi connectivity index (χ3n) is 3.29. The van der Waals surface area contributed by atoms with Gasteiger partial charge in [0.15, 0.2) is 10.7 Å². The van der Waals surface area contributed by atoms with Crippen molar-refractivity contribution in [3.05, 3.63) is 51.8 Å². The molecule has 1 aromatic carbocycles. The van der Waals surface area contributed by atoms with E-state index >= 15 is 0 Å². The molecule has 0 amide bonds. The van der Waals surface area contributed by atoms with Crippen LogP contribution < -0.4 is 9.92 Å². The van der Waals surface area contributed by atoms with Crippen LogP contribution >= 0.6 is 0 Å². The maximum absolute atomic E-state index is 13.2. The molecule has 2 rings (SSSR count). The Labute approximate surface area is 137 Å². The Morgan fingerprint density at radius 3 is 2.67 bits per heavy atom. The van der Waals surface area contributed by atoms with E-state index in [1.54, 1.807) is 6.92 Å². The van der Waals surface area contributed by atoms with E-state index < -0.39 is 38.3 Å². The summed E-state index contributed by atoms with van der Waals surface area (Å²) in [4.78, 5) is 23.4. The summed E-state index contributed by atoms with van der Waals surface area (Å²) in [6.45, 7) is 1.64. The molecule has 0 unspecified atom stereocenters. The largest absolute Gasteiger partial charge is 0.465 e. The Balaban J connectivity index is 2.67. The predicted molar refractivity (Wildman–Crippen MR) is 81.9 cm³/mol. The standard InChI is InChI=1S/C15H14FNO6S/c1-3-11(17)10(15(19)22-2)7-13-14(18)9-5-4-8(16)6-12(9)23-24(13,20)21/h4-7H,3,17H2,1-2H3/b11-10+,13-7+. The first-order chi connectivity index (χ1) is 11.2. The van der Waals surface area contributed by atoms with Gasteiger partial charge in [-0.05, 0) is 24.6 Å². The molecule has 0 saturated carbocycles. The lowest BCUT2D eigenvalue weighted by atomic mass is 10.1. The van der Waals surface area contributed by atoms with Gasteiger partial charge in [-0.15, -0.1) is 0 Å². The molecule has 128 valence electrons. The van der Waals surface area contributed by atoms with E-state index in [-0.39, 0.29) is 23.3 Å². The summed E-state index contributed by atoms with van der Waals surface area (Å²) in [5, 5.41) is 0. The van der Waals surface area contributed by atoms with Gasteiger partial charge in [-0.3, -0.25) is 4.79 Å². The second kappa shape index (κ2) is 6.44. The molecule has 7 nitrogen and oxygen atoms in total. The van der Waals surface area contributed by atoms with Gasteiger partial charge in [-0.2, -0.15) is 8.42 Å². The first-order valence-corrected chi connectivity index (χ1v) is 8.19. The average molecular weight is 355 g/mol. The Morgan fingerprint density at radius 2 is 2.08 bits per heavy atom. The third kappa shape index (κ3) is 3.16. The molecular formula is C15H14FNO6S. The molecule has 0 spiro atoms. The number of hydrogen-bond donors (Lipinski definition) is 1. The van der Waals surface area contributed by atoms with Crippen LogP contribution in [0.5, 0.6) is 5.75 Å². The van der Waals surface area contributed by atoms with Gasteiger partial charge in [0.25, 0.3) is 0 Å². The van der Waals surface area contributed by atoms with Gasteiger partial charge in [-0.1, -0.05) is 6.92 Å². The Morgan fingerprint density at radius 1 is 1.42 bits per heavy atom. The quantitative estimate of drug-likeness (QED) is 0.495. The molecular weight excluding hydrogens is 341 g/mol. The van der Waals surface area contributed by atoms with Gasteiger partial charge in [0.2, 0.25) is 5.78 Å². The minimum Gasteiger partial charge on any atom is -0.465 e. The number of carbonyl (C=O) groups is 2. The molecule has 9 heteroatoms. The van der Waals surface area contributed by atoms with E-state index in [9.17, 15) is 22.4 Å². The normalized spacial score (nSPS) is 18.5. The number of methoxy groups -OCH3 is 1. The highest BCUT2D eigenvalue weighted by Gasteiger charge is 2.37. The number of fused-ring (bicyclic) bond motifs is 1. The van der Waals surface area contributed by atoms with Crippen molar-refractivity contribution in [2.75, 3.05) is 7.11 Å². The Kier molecular flexibility index (Phi) is 4.74. The summed E-state index contributed by atoms with van der Waals surface area (Å²) in [7, 11) is -3.44. The van der Waals surface area contributed by atoms with E-state index in [0.717, 1.165) is 31.4 Å². The molecule has 1 aliphatic rings. The summed E-state index contributed by atoms with van der Waals surface area (Å²) in [5.41, 5.74) is 5.34. The number of ether oxygens (including phenoxy) is 1. The van der Waals surface area contributed by atoms with E-state index in [4.69, 9.17) is 9.92 Å². The van der Waals surface area contributed by atoms with Crippen LogP contribution in [0, 0.1) is 5.82 Å². The fraction of sp³-hybridized carbons (Fsp3) is 0.200. The highest BCUT2D eigenvalue weighted by atomic mass is 32.2. The second-order valence-electron chi connectivity index (χ2n) is 4.80. The predicted octanol–water partition coefficient (Wildman–Crippen LogP) is 1.41. The second-order valence-corrected chi connectivity index (χ2v) is 6.31. The summed E-state index contributed by atoms with van der Waals surface area (Å²) in [6, 6.07) is 2.88. The average Bonchev–Trinajstić information content (AvgIpc) is 2.52. The molecule has 2 N–H and O–H groups in total.